The molecule has 0 aliphatic carbocycles. The van der Waals surface area contributed by atoms with E-state index >= 15 is 0 Å². The van der Waals surface area contributed by atoms with Crippen molar-refractivity contribution in [2.24, 2.45) is 5.73 Å². The monoisotopic (exact) mass is 335 g/mol. The average molecular weight is 336 g/mol. The number of primary amides is 1. The summed E-state index contributed by atoms with van der Waals surface area (Å²) in [5, 5.41) is 0.371. The highest BCUT2D eigenvalue weighted by Gasteiger charge is 2.08. The van der Waals surface area contributed by atoms with Crippen molar-refractivity contribution in [1.82, 2.24) is 0 Å². The Kier molecular flexibility index (Phi) is 4.72. The van der Waals surface area contributed by atoms with E-state index in [1.54, 1.807) is 12.1 Å². The Labute approximate surface area is 106 Å². The Morgan fingerprint density at radius 3 is 2.93 bits per heavy atom. The number of halogens is 2. The smallest absolute Gasteiger partial charge is 0.409 e. The molecule has 0 fully saturated rings. The lowest BCUT2D eigenvalue weighted by molar-refractivity contribution is 0.211. The van der Waals surface area contributed by atoms with Crippen LogP contribution in [-0.4, -0.2) is 6.09 Å². The summed E-state index contributed by atoms with van der Waals surface area (Å²) >= 11 is 7.93. The van der Waals surface area contributed by atoms with Crippen LogP contribution in [0.4, 0.5) is 4.79 Å². The van der Waals surface area contributed by atoms with E-state index in [-0.39, 0.29) is 5.75 Å². The van der Waals surface area contributed by atoms with Gasteiger partial charge in [0.2, 0.25) is 0 Å². The lowest BCUT2D eigenvalue weighted by Gasteiger charge is -2.06. The fourth-order valence-electron chi connectivity index (χ4n) is 1.01. The van der Waals surface area contributed by atoms with Gasteiger partial charge < -0.3 is 10.5 Å². The molecule has 0 atom stereocenters. The maximum atomic E-state index is 10.6. The van der Waals surface area contributed by atoms with Crippen LogP contribution in [0.2, 0.25) is 5.02 Å². The van der Waals surface area contributed by atoms with Crippen molar-refractivity contribution in [3.8, 4) is 15.6 Å². The molecule has 3 nitrogen and oxygen atoms in total. The van der Waals surface area contributed by atoms with Gasteiger partial charge in [0.25, 0.3) is 0 Å². The van der Waals surface area contributed by atoms with E-state index in [2.05, 4.69) is 9.85 Å². The number of hydrogen-bond acceptors (Lipinski definition) is 2. The number of amides is 1. The number of carbonyl (C=O) groups excluding carboxylic acids is 1. The summed E-state index contributed by atoms with van der Waals surface area (Å²) in [4.78, 5) is 10.6. The van der Waals surface area contributed by atoms with Gasteiger partial charge in [-0.05, 0) is 15.6 Å². The van der Waals surface area contributed by atoms with Crippen molar-refractivity contribution in [3.05, 3.63) is 28.8 Å². The van der Waals surface area contributed by atoms with Gasteiger partial charge in [-0.15, -0.1) is 0 Å². The molecule has 0 unspecified atom stereocenters. The summed E-state index contributed by atoms with van der Waals surface area (Å²) < 4.78 is 7.46. The Hall–Kier alpha value is -0.930. The van der Waals surface area contributed by atoms with Crippen LogP contribution in [0.3, 0.4) is 0 Å². The minimum absolute atomic E-state index is 0.261. The number of nitrogens with two attached hydrogens (primary N) is 1. The molecule has 0 saturated carbocycles. The molecule has 15 heavy (non-hydrogen) atoms. The third-order valence-corrected chi connectivity index (χ3v) is 2.41. The summed E-state index contributed by atoms with van der Waals surface area (Å²) in [6, 6.07) is 5.12. The van der Waals surface area contributed by atoms with Gasteiger partial charge in [0.15, 0.2) is 5.75 Å². The molecule has 1 rings (SSSR count). The standard InChI is InChI=1S/C10H7ClINO2/c11-9-7(4-2-6-12)3-1-5-8(9)15-10(13)14/h1,3,5H,4H2,(H2,13,14). The largest absolute Gasteiger partial charge is 0.410 e. The van der Waals surface area contributed by atoms with Crippen LogP contribution in [0.25, 0.3) is 0 Å². The molecule has 0 spiro atoms. The SMILES string of the molecule is NC(=O)Oc1cccc(CC#CI)c1Cl. The molecule has 0 bridgehead atoms. The van der Waals surface area contributed by atoms with Crippen LogP contribution >= 0.6 is 34.2 Å². The summed E-state index contributed by atoms with van der Waals surface area (Å²) in [6.45, 7) is 0. The first-order chi connectivity index (χ1) is 7.15. The van der Waals surface area contributed by atoms with Crippen molar-refractivity contribution in [3.63, 3.8) is 0 Å². The number of benzene rings is 1. The molecule has 1 aromatic carbocycles. The van der Waals surface area contributed by atoms with E-state index in [1.807, 2.05) is 28.7 Å². The molecule has 0 saturated heterocycles. The topological polar surface area (TPSA) is 52.3 Å². The van der Waals surface area contributed by atoms with Crippen molar-refractivity contribution < 1.29 is 9.53 Å². The molecule has 0 radical (unpaired) electrons. The van der Waals surface area contributed by atoms with E-state index in [1.165, 1.54) is 0 Å². The molecule has 0 aliphatic rings. The van der Waals surface area contributed by atoms with Gasteiger partial charge in [0.05, 0.1) is 5.02 Å². The third-order valence-electron chi connectivity index (χ3n) is 1.60. The van der Waals surface area contributed by atoms with Crippen molar-refractivity contribution in [2.45, 2.75) is 6.42 Å². The normalized spacial score (nSPS) is 8.93. The van der Waals surface area contributed by atoms with Gasteiger partial charge in [0.1, 0.15) is 0 Å². The zero-order chi connectivity index (χ0) is 11.3. The second-order valence-corrected chi connectivity index (χ2v) is 3.52. The first kappa shape index (κ1) is 12.1. The predicted octanol–water partition coefficient (Wildman–Crippen LogP) is 2.74. The zero-order valence-electron chi connectivity index (χ0n) is 7.59. The Morgan fingerprint density at radius 1 is 1.60 bits per heavy atom. The lowest BCUT2D eigenvalue weighted by atomic mass is 10.1. The van der Waals surface area contributed by atoms with Crippen LogP contribution in [0.1, 0.15) is 5.56 Å². The molecule has 1 aromatic rings. The van der Waals surface area contributed by atoms with Gasteiger partial charge in [0, 0.05) is 29.0 Å². The van der Waals surface area contributed by atoms with Gasteiger partial charge >= 0.3 is 6.09 Å². The van der Waals surface area contributed by atoms with E-state index in [0.717, 1.165) is 5.56 Å². The predicted molar refractivity (Wildman–Crippen MR) is 67.2 cm³/mol. The lowest BCUT2D eigenvalue weighted by Crippen LogP contribution is -2.16. The van der Waals surface area contributed by atoms with Gasteiger partial charge in [-0.25, -0.2) is 4.79 Å². The minimum Gasteiger partial charge on any atom is -0.409 e. The van der Waals surface area contributed by atoms with Crippen LogP contribution in [0.5, 0.6) is 5.75 Å². The van der Waals surface area contributed by atoms with E-state index in [4.69, 9.17) is 22.1 Å². The van der Waals surface area contributed by atoms with Crippen LogP contribution in [0.15, 0.2) is 18.2 Å². The first-order valence-corrected chi connectivity index (χ1v) is 5.44. The zero-order valence-corrected chi connectivity index (χ0v) is 10.5. The van der Waals surface area contributed by atoms with Crippen molar-refractivity contribution in [2.75, 3.05) is 0 Å². The molecule has 5 heteroatoms. The molecule has 1 amide bonds. The minimum atomic E-state index is -0.881. The highest BCUT2D eigenvalue weighted by atomic mass is 127. The number of carbonyl (C=O) groups is 1. The van der Waals surface area contributed by atoms with Crippen LogP contribution in [0, 0.1) is 9.85 Å². The summed E-state index contributed by atoms with van der Waals surface area (Å²) in [5.41, 5.74) is 5.70. The second-order valence-electron chi connectivity index (χ2n) is 2.60. The molecule has 0 aromatic heterocycles. The van der Waals surface area contributed by atoms with E-state index in [0.29, 0.717) is 11.4 Å². The van der Waals surface area contributed by atoms with Crippen molar-refractivity contribution in [1.29, 1.82) is 0 Å². The van der Waals surface area contributed by atoms with Crippen LogP contribution in [-0.2, 0) is 6.42 Å². The molecular weight excluding hydrogens is 328 g/mol. The average Bonchev–Trinajstić information content (AvgIpc) is 2.19. The first-order valence-electron chi connectivity index (χ1n) is 3.98. The van der Waals surface area contributed by atoms with E-state index in [9.17, 15) is 4.79 Å². The number of rotatable bonds is 2. The molecule has 2 N–H and O–H groups in total. The molecule has 78 valence electrons. The quantitative estimate of drug-likeness (QED) is 0.667. The van der Waals surface area contributed by atoms with Gasteiger partial charge in [-0.3, -0.25) is 0 Å². The van der Waals surface area contributed by atoms with Crippen LogP contribution < -0.4 is 10.5 Å². The third kappa shape index (κ3) is 3.61. The highest BCUT2D eigenvalue weighted by molar-refractivity contribution is 14.1. The fourth-order valence-corrected chi connectivity index (χ4v) is 1.43. The second kappa shape index (κ2) is 5.83. The summed E-state index contributed by atoms with van der Waals surface area (Å²) in [7, 11) is 0. The molecule has 0 heterocycles. The number of ether oxygens (including phenoxy) is 1. The van der Waals surface area contributed by atoms with Gasteiger partial charge in [-0.1, -0.05) is 29.7 Å². The Morgan fingerprint density at radius 2 is 2.33 bits per heavy atom. The van der Waals surface area contributed by atoms with E-state index < -0.39 is 6.09 Å². The molecular formula is C10H7ClINO2. The van der Waals surface area contributed by atoms with Gasteiger partial charge in [-0.2, -0.15) is 0 Å². The Bertz CT molecular complexity index is 437. The van der Waals surface area contributed by atoms with Crippen molar-refractivity contribution >= 4 is 40.3 Å². The molecule has 0 aliphatic heterocycles. The summed E-state index contributed by atoms with van der Waals surface area (Å²) in [6.07, 6.45) is -0.369. The maximum Gasteiger partial charge on any atom is 0.410 e. The maximum absolute atomic E-state index is 10.6. The highest BCUT2D eigenvalue weighted by Crippen LogP contribution is 2.28. The Balaban J connectivity index is 2.98. The summed E-state index contributed by atoms with van der Waals surface area (Å²) in [5.74, 6) is 3.13. The number of hydrogen-bond donors (Lipinski definition) is 1. The fraction of sp³-hybridized carbons (Fsp3) is 0.100.